The van der Waals surface area contributed by atoms with Gasteiger partial charge in [-0.25, -0.2) is 0 Å². The van der Waals surface area contributed by atoms with Crippen LogP contribution in [-0.4, -0.2) is 25.4 Å². The molecule has 2 rings (SSSR count). The average Bonchev–Trinajstić information content (AvgIpc) is 2.55. The summed E-state index contributed by atoms with van der Waals surface area (Å²) in [5.74, 6) is 1.35. The molecule has 0 aliphatic carbocycles. The first-order valence-electron chi connectivity index (χ1n) is 5.30. The maximum absolute atomic E-state index is 9.99. The van der Waals surface area contributed by atoms with E-state index < -0.39 is 0 Å². The maximum atomic E-state index is 9.99. The Morgan fingerprint density at radius 1 is 1.47 bits per heavy atom. The molecule has 0 atom stereocenters. The van der Waals surface area contributed by atoms with Gasteiger partial charge >= 0.3 is 0 Å². The van der Waals surface area contributed by atoms with Crippen LogP contribution < -0.4 is 15.0 Å². The van der Waals surface area contributed by atoms with E-state index in [1.807, 2.05) is 0 Å². The molecule has 5 nitrogen and oxygen atoms in total. The lowest BCUT2D eigenvalue weighted by Gasteiger charge is -2.15. The zero-order valence-corrected chi connectivity index (χ0v) is 11.0. The van der Waals surface area contributed by atoms with Gasteiger partial charge in [-0.05, 0) is 15.9 Å². The normalized spacial score (nSPS) is 14.5. The quantitative estimate of drug-likeness (QED) is 0.836. The van der Waals surface area contributed by atoms with Gasteiger partial charge in [-0.1, -0.05) is 0 Å². The van der Waals surface area contributed by atoms with E-state index in [2.05, 4.69) is 21.4 Å². The molecule has 94 valence electrons. The molecule has 1 aliphatic rings. The molecule has 0 amide bonds. The number of phenolic OH excluding ortho intramolecular Hbond substituents is 1. The second-order valence-electron chi connectivity index (χ2n) is 3.59. The number of phenols is 1. The Labute approximate surface area is 108 Å². The lowest BCUT2D eigenvalue weighted by molar-refractivity contribution is 0.0853. The van der Waals surface area contributed by atoms with Crippen molar-refractivity contribution in [2.24, 2.45) is 0 Å². The molecule has 6 heteroatoms. The third kappa shape index (κ3) is 2.65. The van der Waals surface area contributed by atoms with E-state index >= 15 is 0 Å². The van der Waals surface area contributed by atoms with E-state index in [1.165, 1.54) is 7.11 Å². The lowest BCUT2D eigenvalue weighted by atomic mass is 10.1. The van der Waals surface area contributed by atoms with E-state index in [0.29, 0.717) is 41.3 Å². The van der Waals surface area contributed by atoms with Crippen LogP contribution in [0, 0.1) is 0 Å². The molecule has 0 unspecified atom stereocenters. The Balaban J connectivity index is 2.42. The van der Waals surface area contributed by atoms with Gasteiger partial charge in [0.25, 0.3) is 0 Å². The first-order chi connectivity index (χ1) is 8.24. The molecular formula is C11H14BrNO4. The summed E-state index contributed by atoms with van der Waals surface area (Å²) in [5.41, 5.74) is 3.31. The monoisotopic (exact) mass is 303 g/mol. The number of nitrogens with one attached hydrogen (secondary N) is 1. The van der Waals surface area contributed by atoms with Crippen LogP contribution in [0.4, 0.5) is 0 Å². The first kappa shape index (κ1) is 12.5. The maximum Gasteiger partial charge on any atom is 0.169 e. The smallest absolute Gasteiger partial charge is 0.169 e. The SMILES string of the molecule is CONCc1c(O)c(Br)cc2c1OCCCO2. The molecule has 1 aromatic carbocycles. The fourth-order valence-corrected chi connectivity index (χ4v) is 2.09. The molecule has 0 radical (unpaired) electrons. The summed E-state index contributed by atoms with van der Waals surface area (Å²) in [5, 5.41) is 9.99. The van der Waals surface area contributed by atoms with E-state index in [1.54, 1.807) is 6.07 Å². The number of fused-ring (bicyclic) bond motifs is 1. The Kier molecular flexibility index (Phi) is 4.09. The summed E-state index contributed by atoms with van der Waals surface area (Å²) in [6.45, 7) is 1.53. The van der Waals surface area contributed by atoms with Crippen molar-refractivity contribution in [3.8, 4) is 17.2 Å². The van der Waals surface area contributed by atoms with E-state index in [9.17, 15) is 5.11 Å². The summed E-state index contributed by atoms with van der Waals surface area (Å²) in [7, 11) is 1.52. The summed E-state index contributed by atoms with van der Waals surface area (Å²) in [4.78, 5) is 4.79. The second-order valence-corrected chi connectivity index (χ2v) is 4.44. The van der Waals surface area contributed by atoms with Crippen LogP contribution in [0.1, 0.15) is 12.0 Å². The molecule has 1 heterocycles. The highest BCUT2D eigenvalue weighted by molar-refractivity contribution is 9.10. The van der Waals surface area contributed by atoms with Gasteiger partial charge in [-0.15, -0.1) is 0 Å². The number of benzene rings is 1. The highest BCUT2D eigenvalue weighted by atomic mass is 79.9. The van der Waals surface area contributed by atoms with Crippen LogP contribution in [0.2, 0.25) is 0 Å². The fraction of sp³-hybridized carbons (Fsp3) is 0.455. The molecule has 0 saturated carbocycles. The number of aromatic hydroxyl groups is 1. The van der Waals surface area contributed by atoms with Gasteiger partial charge in [0.2, 0.25) is 0 Å². The minimum Gasteiger partial charge on any atom is -0.506 e. The molecule has 0 spiro atoms. The van der Waals surface area contributed by atoms with Crippen molar-refractivity contribution in [3.63, 3.8) is 0 Å². The molecule has 0 aromatic heterocycles. The summed E-state index contributed by atoms with van der Waals surface area (Å²) in [6, 6.07) is 1.71. The number of hydroxylamine groups is 1. The van der Waals surface area contributed by atoms with Gasteiger partial charge in [0, 0.05) is 12.5 Å². The Bertz CT molecular complexity index is 411. The van der Waals surface area contributed by atoms with Crippen molar-refractivity contribution in [1.82, 2.24) is 5.48 Å². The number of ether oxygens (including phenoxy) is 2. The molecule has 0 fully saturated rings. The van der Waals surface area contributed by atoms with Crippen molar-refractivity contribution >= 4 is 15.9 Å². The number of hydrogen-bond acceptors (Lipinski definition) is 5. The highest BCUT2D eigenvalue weighted by Gasteiger charge is 2.20. The Morgan fingerprint density at radius 3 is 3.00 bits per heavy atom. The Morgan fingerprint density at radius 2 is 2.24 bits per heavy atom. The van der Waals surface area contributed by atoms with Crippen LogP contribution in [0.25, 0.3) is 0 Å². The summed E-state index contributed by atoms with van der Waals surface area (Å²) >= 11 is 3.29. The van der Waals surface area contributed by atoms with Gasteiger partial charge in [-0.3, -0.25) is 0 Å². The van der Waals surface area contributed by atoms with E-state index in [0.717, 1.165) is 6.42 Å². The van der Waals surface area contributed by atoms with Gasteiger partial charge in [0.15, 0.2) is 11.5 Å². The molecule has 1 aromatic rings. The minimum absolute atomic E-state index is 0.138. The molecule has 17 heavy (non-hydrogen) atoms. The van der Waals surface area contributed by atoms with Crippen LogP contribution in [0.5, 0.6) is 17.2 Å². The topological polar surface area (TPSA) is 60.0 Å². The molecule has 0 bridgehead atoms. The Hall–Kier alpha value is -0.980. The van der Waals surface area contributed by atoms with Crippen molar-refractivity contribution in [3.05, 3.63) is 16.1 Å². The lowest BCUT2D eigenvalue weighted by Crippen LogP contribution is -2.12. The summed E-state index contributed by atoms with van der Waals surface area (Å²) in [6.07, 6.45) is 0.824. The van der Waals surface area contributed by atoms with Crippen molar-refractivity contribution in [2.75, 3.05) is 20.3 Å². The van der Waals surface area contributed by atoms with Crippen LogP contribution >= 0.6 is 15.9 Å². The predicted molar refractivity (Wildman–Crippen MR) is 65.3 cm³/mol. The van der Waals surface area contributed by atoms with Gasteiger partial charge in [0.05, 0.1) is 36.9 Å². The zero-order valence-electron chi connectivity index (χ0n) is 9.46. The second kappa shape index (κ2) is 5.57. The third-order valence-corrected chi connectivity index (χ3v) is 3.06. The molecular weight excluding hydrogens is 290 g/mol. The number of hydrogen-bond donors (Lipinski definition) is 2. The van der Waals surface area contributed by atoms with Gasteiger partial charge in [-0.2, -0.15) is 5.48 Å². The number of halogens is 1. The zero-order chi connectivity index (χ0) is 12.3. The van der Waals surface area contributed by atoms with E-state index in [-0.39, 0.29) is 5.75 Å². The molecule has 2 N–H and O–H groups in total. The van der Waals surface area contributed by atoms with Crippen LogP contribution in [0.3, 0.4) is 0 Å². The first-order valence-corrected chi connectivity index (χ1v) is 6.09. The van der Waals surface area contributed by atoms with Gasteiger partial charge < -0.3 is 19.4 Å². The standard InChI is InChI=1S/C11H14BrNO4/c1-15-13-6-7-10(14)8(12)5-9-11(7)17-4-2-3-16-9/h5,13-14H,2-4,6H2,1H3. The largest absolute Gasteiger partial charge is 0.506 e. The minimum atomic E-state index is 0.138. The van der Waals surface area contributed by atoms with Crippen molar-refractivity contribution in [1.29, 1.82) is 0 Å². The predicted octanol–water partition coefficient (Wildman–Crippen LogP) is 1.97. The third-order valence-electron chi connectivity index (χ3n) is 2.45. The number of rotatable bonds is 3. The van der Waals surface area contributed by atoms with Crippen molar-refractivity contribution < 1.29 is 19.4 Å². The van der Waals surface area contributed by atoms with Crippen LogP contribution in [-0.2, 0) is 11.4 Å². The van der Waals surface area contributed by atoms with E-state index in [4.69, 9.17) is 14.3 Å². The van der Waals surface area contributed by atoms with Crippen molar-refractivity contribution in [2.45, 2.75) is 13.0 Å². The van der Waals surface area contributed by atoms with Gasteiger partial charge in [0.1, 0.15) is 5.75 Å². The molecule has 0 saturated heterocycles. The van der Waals surface area contributed by atoms with Crippen LogP contribution in [0.15, 0.2) is 10.5 Å². The fourth-order valence-electron chi connectivity index (χ4n) is 1.64. The average molecular weight is 304 g/mol. The molecule has 1 aliphatic heterocycles. The summed E-state index contributed by atoms with van der Waals surface area (Å²) < 4.78 is 11.8. The highest BCUT2D eigenvalue weighted by Crippen LogP contribution is 2.43.